The summed E-state index contributed by atoms with van der Waals surface area (Å²) in [6.07, 6.45) is 1.22. The number of hydrogen-bond donors (Lipinski definition) is 2. The van der Waals surface area contributed by atoms with Crippen LogP contribution in [0.15, 0.2) is 33.2 Å². The highest BCUT2D eigenvalue weighted by atomic mass is 32.2. The summed E-state index contributed by atoms with van der Waals surface area (Å²) in [6.45, 7) is 0.329. The highest BCUT2D eigenvalue weighted by molar-refractivity contribution is 7.91. The Labute approximate surface area is 131 Å². The molecule has 0 radical (unpaired) electrons. The molecule has 2 heterocycles. The lowest BCUT2D eigenvalue weighted by molar-refractivity contribution is -0.136. The van der Waals surface area contributed by atoms with Crippen LogP contribution in [-0.2, 0) is 27.7 Å². The second-order valence-corrected chi connectivity index (χ2v) is 8.33. The Morgan fingerprint density at radius 1 is 1.29 bits per heavy atom. The van der Waals surface area contributed by atoms with E-state index in [4.69, 9.17) is 5.11 Å². The molecule has 114 valence electrons. The van der Waals surface area contributed by atoms with Gasteiger partial charge < -0.3 is 5.11 Å². The number of hydrogen-bond acceptors (Lipinski definition) is 5. The van der Waals surface area contributed by atoms with Gasteiger partial charge in [0.15, 0.2) is 0 Å². The number of carbonyl (C=O) groups is 1. The van der Waals surface area contributed by atoms with Gasteiger partial charge in [-0.3, -0.25) is 4.79 Å². The van der Waals surface area contributed by atoms with E-state index in [9.17, 15) is 13.2 Å². The van der Waals surface area contributed by atoms with Crippen LogP contribution < -0.4 is 4.72 Å². The van der Waals surface area contributed by atoms with Crippen molar-refractivity contribution < 1.29 is 18.3 Å². The molecule has 0 saturated heterocycles. The highest BCUT2D eigenvalue weighted by Gasteiger charge is 2.14. The number of sulfonamides is 1. The van der Waals surface area contributed by atoms with Gasteiger partial charge >= 0.3 is 5.97 Å². The number of aliphatic carboxylic acids is 1. The van der Waals surface area contributed by atoms with Crippen molar-refractivity contribution in [1.82, 2.24) is 4.72 Å². The highest BCUT2D eigenvalue weighted by Crippen LogP contribution is 2.18. The molecule has 0 aliphatic heterocycles. The third-order valence-corrected chi connectivity index (χ3v) is 6.66. The Bertz CT molecular complexity index is 689. The maximum absolute atomic E-state index is 11.9. The maximum Gasteiger partial charge on any atom is 0.303 e. The number of rotatable bonds is 8. The van der Waals surface area contributed by atoms with E-state index in [1.807, 2.05) is 11.4 Å². The molecule has 21 heavy (non-hydrogen) atoms. The van der Waals surface area contributed by atoms with Crippen LogP contribution in [0.5, 0.6) is 0 Å². The van der Waals surface area contributed by atoms with Gasteiger partial charge in [-0.2, -0.15) is 0 Å². The lowest BCUT2D eigenvalue weighted by Gasteiger charge is -2.03. The zero-order chi connectivity index (χ0) is 15.3. The molecule has 0 aliphatic rings. The first-order valence-electron chi connectivity index (χ1n) is 6.28. The second kappa shape index (κ2) is 7.17. The number of carboxylic acid groups (broad SMARTS) is 1. The van der Waals surface area contributed by atoms with Crippen molar-refractivity contribution in [2.24, 2.45) is 0 Å². The predicted molar refractivity (Wildman–Crippen MR) is 83.5 cm³/mol. The average molecular weight is 345 g/mol. The molecule has 0 atom stereocenters. The summed E-state index contributed by atoms with van der Waals surface area (Å²) in [4.78, 5) is 11.5. The second-order valence-electron chi connectivity index (χ2n) is 4.39. The molecule has 0 aromatic carbocycles. The van der Waals surface area contributed by atoms with Crippen molar-refractivity contribution in [3.63, 3.8) is 0 Å². The van der Waals surface area contributed by atoms with Gasteiger partial charge in [0.05, 0.1) is 6.42 Å². The monoisotopic (exact) mass is 345 g/mol. The zero-order valence-electron chi connectivity index (χ0n) is 11.1. The summed E-state index contributed by atoms with van der Waals surface area (Å²) in [5.74, 6) is -0.811. The van der Waals surface area contributed by atoms with Crippen LogP contribution in [0.25, 0.3) is 0 Å². The molecule has 2 aromatic heterocycles. The van der Waals surface area contributed by atoms with Crippen LogP contribution in [0.2, 0.25) is 0 Å². The van der Waals surface area contributed by atoms with Crippen molar-refractivity contribution >= 4 is 38.7 Å². The van der Waals surface area contributed by atoms with Gasteiger partial charge in [-0.05, 0) is 41.3 Å². The van der Waals surface area contributed by atoms with Crippen molar-refractivity contribution in [2.75, 3.05) is 6.54 Å². The first-order chi connectivity index (χ1) is 9.97. The van der Waals surface area contributed by atoms with Crippen LogP contribution in [0.1, 0.15) is 16.9 Å². The minimum Gasteiger partial charge on any atom is -0.481 e. The Morgan fingerprint density at radius 3 is 2.76 bits per heavy atom. The molecular formula is C13H15NO4S3. The molecule has 0 saturated carbocycles. The molecule has 0 bridgehead atoms. The lowest BCUT2D eigenvalue weighted by atomic mass is 10.2. The molecule has 0 spiro atoms. The van der Waals surface area contributed by atoms with Crippen LogP contribution >= 0.6 is 22.7 Å². The van der Waals surface area contributed by atoms with E-state index in [0.717, 1.165) is 10.4 Å². The summed E-state index contributed by atoms with van der Waals surface area (Å²) in [7, 11) is -3.41. The van der Waals surface area contributed by atoms with E-state index in [-0.39, 0.29) is 6.42 Å². The Kier molecular flexibility index (Phi) is 5.51. The smallest absolute Gasteiger partial charge is 0.303 e. The van der Waals surface area contributed by atoms with E-state index in [1.54, 1.807) is 17.5 Å². The minimum atomic E-state index is -3.41. The normalized spacial score (nSPS) is 11.6. The van der Waals surface area contributed by atoms with Crippen molar-refractivity contribution in [2.45, 2.75) is 23.5 Å². The largest absolute Gasteiger partial charge is 0.481 e. The average Bonchev–Trinajstić information content (AvgIpc) is 3.08. The van der Waals surface area contributed by atoms with Gasteiger partial charge in [-0.15, -0.1) is 22.7 Å². The van der Waals surface area contributed by atoms with Gasteiger partial charge in [-0.1, -0.05) is 6.07 Å². The van der Waals surface area contributed by atoms with Crippen LogP contribution in [0, 0.1) is 0 Å². The zero-order valence-corrected chi connectivity index (χ0v) is 13.6. The van der Waals surface area contributed by atoms with Gasteiger partial charge in [-0.25, -0.2) is 13.1 Å². The fourth-order valence-electron chi connectivity index (χ4n) is 1.74. The van der Waals surface area contributed by atoms with Crippen LogP contribution in [0.4, 0.5) is 0 Å². The van der Waals surface area contributed by atoms with Gasteiger partial charge in [0.2, 0.25) is 10.0 Å². The fraction of sp³-hybridized carbons (Fsp3) is 0.308. The van der Waals surface area contributed by atoms with E-state index < -0.39 is 16.0 Å². The molecule has 0 unspecified atom stereocenters. The molecule has 8 heteroatoms. The minimum absolute atomic E-state index is 0.116. The number of nitrogens with one attached hydrogen (secondary N) is 1. The van der Waals surface area contributed by atoms with Gasteiger partial charge in [0.1, 0.15) is 4.21 Å². The number of thiophene rings is 2. The molecule has 2 aromatic rings. The molecule has 0 aliphatic carbocycles. The summed E-state index contributed by atoms with van der Waals surface area (Å²) in [6, 6.07) is 5.21. The summed E-state index contributed by atoms with van der Waals surface area (Å²) in [5, 5.41) is 12.3. The quantitative estimate of drug-likeness (QED) is 0.769. The molecule has 0 amide bonds. The first-order valence-corrected chi connectivity index (χ1v) is 9.53. The molecule has 0 fully saturated rings. The molecule has 2 N–H and O–H groups in total. The lowest BCUT2D eigenvalue weighted by Crippen LogP contribution is -2.25. The maximum atomic E-state index is 11.9. The van der Waals surface area contributed by atoms with Crippen LogP contribution in [-0.4, -0.2) is 26.0 Å². The Hall–Kier alpha value is -1.22. The van der Waals surface area contributed by atoms with E-state index in [0.29, 0.717) is 23.6 Å². The topological polar surface area (TPSA) is 83.5 Å². The molecular weight excluding hydrogens is 330 g/mol. The van der Waals surface area contributed by atoms with Crippen LogP contribution in [0.3, 0.4) is 0 Å². The number of aryl methyl sites for hydroxylation is 1. The third kappa shape index (κ3) is 4.92. The Morgan fingerprint density at radius 2 is 2.10 bits per heavy atom. The SMILES string of the molecule is O=C(O)CCc1cc(CCNS(=O)(=O)c2cccs2)cs1. The summed E-state index contributed by atoms with van der Waals surface area (Å²) >= 11 is 2.69. The molecule has 2 rings (SSSR count). The summed E-state index contributed by atoms with van der Waals surface area (Å²) < 4.78 is 26.7. The van der Waals surface area contributed by atoms with Crippen molar-refractivity contribution in [3.05, 3.63) is 39.4 Å². The Balaban J connectivity index is 1.82. The van der Waals surface area contributed by atoms with Gasteiger partial charge in [0, 0.05) is 11.4 Å². The standard InChI is InChI=1S/C13H15NO4S3/c15-12(16)4-3-11-8-10(9-20-11)5-6-14-21(17,18)13-2-1-7-19-13/h1-2,7-9,14H,3-6H2,(H,15,16). The molecule has 5 nitrogen and oxygen atoms in total. The predicted octanol–water partition coefficient (Wildman–Crippen LogP) is 2.35. The van der Waals surface area contributed by atoms with E-state index in [2.05, 4.69) is 4.72 Å². The van der Waals surface area contributed by atoms with Gasteiger partial charge in [0.25, 0.3) is 0 Å². The number of carboxylic acids is 1. The van der Waals surface area contributed by atoms with Crippen molar-refractivity contribution in [3.8, 4) is 0 Å². The fourth-order valence-corrected chi connectivity index (χ4v) is 4.73. The van der Waals surface area contributed by atoms with E-state index in [1.165, 1.54) is 22.7 Å². The first kappa shape index (κ1) is 16.2. The third-order valence-electron chi connectivity index (χ3n) is 2.76. The van der Waals surface area contributed by atoms with E-state index >= 15 is 0 Å². The van der Waals surface area contributed by atoms with Crippen molar-refractivity contribution in [1.29, 1.82) is 0 Å². The summed E-state index contributed by atoms with van der Waals surface area (Å²) in [5.41, 5.74) is 1.02.